The summed E-state index contributed by atoms with van der Waals surface area (Å²) in [7, 11) is 1.25. The molecule has 0 saturated carbocycles. The van der Waals surface area contributed by atoms with E-state index in [1.54, 1.807) is 31.2 Å². The van der Waals surface area contributed by atoms with Crippen molar-refractivity contribution in [2.24, 2.45) is 0 Å². The molecule has 0 aliphatic heterocycles. The second-order valence-electron chi connectivity index (χ2n) is 4.07. The number of methoxy groups -OCH3 is 1. The van der Waals surface area contributed by atoms with Crippen molar-refractivity contribution in [3.8, 4) is 5.69 Å². The Bertz CT molecular complexity index is 738. The van der Waals surface area contributed by atoms with Crippen molar-refractivity contribution >= 4 is 29.2 Å². The quantitative estimate of drug-likeness (QED) is 0.800. The van der Waals surface area contributed by atoms with Crippen molar-refractivity contribution < 1.29 is 9.53 Å². The van der Waals surface area contributed by atoms with Crippen LogP contribution in [0.4, 0.5) is 0 Å². The highest BCUT2D eigenvalue weighted by Crippen LogP contribution is 2.24. The third kappa shape index (κ3) is 2.44. The molecule has 6 heteroatoms. The molecule has 104 valence electrons. The van der Waals surface area contributed by atoms with Crippen molar-refractivity contribution in [1.29, 1.82) is 0 Å². The molecule has 0 amide bonds. The van der Waals surface area contributed by atoms with E-state index in [0.717, 1.165) is 0 Å². The van der Waals surface area contributed by atoms with Gasteiger partial charge in [-0.25, -0.2) is 4.79 Å². The molecule has 1 aromatic carbocycles. The van der Waals surface area contributed by atoms with E-state index in [4.69, 9.17) is 23.2 Å². The Morgan fingerprint density at radius 2 is 1.85 bits per heavy atom. The van der Waals surface area contributed by atoms with E-state index >= 15 is 0 Å². The van der Waals surface area contributed by atoms with Crippen LogP contribution >= 0.6 is 23.2 Å². The van der Waals surface area contributed by atoms with Gasteiger partial charge in [0.25, 0.3) is 5.56 Å². The van der Waals surface area contributed by atoms with Crippen LogP contribution < -0.4 is 5.56 Å². The van der Waals surface area contributed by atoms with Crippen LogP contribution in [0.5, 0.6) is 0 Å². The van der Waals surface area contributed by atoms with Gasteiger partial charge in [0.1, 0.15) is 0 Å². The van der Waals surface area contributed by atoms with Gasteiger partial charge in [-0.1, -0.05) is 35.3 Å². The highest BCUT2D eigenvalue weighted by molar-refractivity contribution is 6.34. The van der Waals surface area contributed by atoms with Crippen molar-refractivity contribution in [3.63, 3.8) is 0 Å². The van der Waals surface area contributed by atoms with Crippen LogP contribution in [0.3, 0.4) is 0 Å². The van der Waals surface area contributed by atoms with E-state index in [0.29, 0.717) is 16.4 Å². The summed E-state index contributed by atoms with van der Waals surface area (Å²) in [5, 5.41) is 0.457. The Morgan fingerprint density at radius 1 is 1.20 bits per heavy atom. The van der Waals surface area contributed by atoms with Crippen LogP contribution in [0.2, 0.25) is 10.0 Å². The number of pyridine rings is 1. The number of rotatable bonds is 2. The molecule has 0 spiro atoms. The fourth-order valence-electron chi connectivity index (χ4n) is 1.97. The van der Waals surface area contributed by atoms with Crippen molar-refractivity contribution in [3.05, 3.63) is 62.0 Å². The lowest BCUT2D eigenvalue weighted by molar-refractivity contribution is 0.0599. The second-order valence-corrected chi connectivity index (χ2v) is 4.88. The van der Waals surface area contributed by atoms with Gasteiger partial charge in [0, 0.05) is 11.8 Å². The number of hydrogen-bond acceptors (Lipinski definition) is 3. The molecule has 0 aliphatic rings. The highest BCUT2D eigenvalue weighted by atomic mass is 35.5. The molecule has 2 aromatic rings. The molecule has 0 N–H and O–H groups in total. The van der Waals surface area contributed by atoms with Gasteiger partial charge in [0.2, 0.25) is 0 Å². The maximum Gasteiger partial charge on any atom is 0.341 e. The number of para-hydroxylation sites is 1. The van der Waals surface area contributed by atoms with Crippen LogP contribution in [-0.4, -0.2) is 17.6 Å². The van der Waals surface area contributed by atoms with E-state index in [2.05, 4.69) is 4.74 Å². The first-order valence-corrected chi connectivity index (χ1v) is 6.48. The summed E-state index contributed by atoms with van der Waals surface area (Å²) in [6, 6.07) is 8.02. The van der Waals surface area contributed by atoms with Gasteiger partial charge < -0.3 is 4.74 Å². The Balaban J connectivity index is 2.82. The van der Waals surface area contributed by atoms with Crippen LogP contribution in [0.15, 0.2) is 35.1 Å². The van der Waals surface area contributed by atoms with E-state index in [1.165, 1.54) is 17.7 Å². The first kappa shape index (κ1) is 14.6. The van der Waals surface area contributed by atoms with Gasteiger partial charge in [-0.15, -0.1) is 0 Å². The molecule has 0 aliphatic carbocycles. The minimum atomic E-state index is -0.603. The van der Waals surface area contributed by atoms with E-state index in [9.17, 15) is 9.59 Å². The standard InChI is InChI=1S/C14H11Cl2NO3/c1-8-13(14(19)20-2)10(16)7-12(18)17(8)11-6-4-3-5-9(11)15/h3-7H,1-2H3. The zero-order chi connectivity index (χ0) is 14.9. The third-order valence-electron chi connectivity index (χ3n) is 2.89. The van der Waals surface area contributed by atoms with Gasteiger partial charge in [0.05, 0.1) is 28.4 Å². The number of aromatic nitrogens is 1. The first-order valence-electron chi connectivity index (χ1n) is 5.72. The lowest BCUT2D eigenvalue weighted by Gasteiger charge is -2.15. The molecule has 0 bridgehead atoms. The Labute approximate surface area is 125 Å². The summed E-state index contributed by atoms with van der Waals surface area (Å²) in [6.07, 6.45) is 0. The van der Waals surface area contributed by atoms with Gasteiger partial charge in [-0.05, 0) is 19.1 Å². The largest absolute Gasteiger partial charge is 0.465 e. The number of benzene rings is 1. The fraction of sp³-hybridized carbons (Fsp3) is 0.143. The van der Waals surface area contributed by atoms with Gasteiger partial charge >= 0.3 is 5.97 Å². The lowest BCUT2D eigenvalue weighted by Crippen LogP contribution is -2.23. The molecular weight excluding hydrogens is 301 g/mol. The lowest BCUT2D eigenvalue weighted by atomic mass is 10.2. The smallest absolute Gasteiger partial charge is 0.341 e. The number of esters is 1. The molecule has 20 heavy (non-hydrogen) atoms. The molecule has 2 rings (SSSR count). The van der Waals surface area contributed by atoms with Crippen molar-refractivity contribution in [2.45, 2.75) is 6.92 Å². The van der Waals surface area contributed by atoms with Crippen molar-refractivity contribution in [1.82, 2.24) is 4.57 Å². The van der Waals surface area contributed by atoms with Crippen LogP contribution in [0.25, 0.3) is 5.69 Å². The monoisotopic (exact) mass is 311 g/mol. The molecule has 1 heterocycles. The Hall–Kier alpha value is -1.78. The van der Waals surface area contributed by atoms with Gasteiger partial charge in [-0.2, -0.15) is 0 Å². The summed E-state index contributed by atoms with van der Waals surface area (Å²) in [5.74, 6) is -0.603. The van der Waals surface area contributed by atoms with Crippen molar-refractivity contribution in [2.75, 3.05) is 7.11 Å². The highest BCUT2D eigenvalue weighted by Gasteiger charge is 2.20. The minimum Gasteiger partial charge on any atom is -0.465 e. The van der Waals surface area contributed by atoms with E-state index in [1.807, 2.05) is 0 Å². The summed E-state index contributed by atoms with van der Waals surface area (Å²) in [5.41, 5.74) is 0.642. The number of carbonyl (C=O) groups excluding carboxylic acids is 1. The Kier molecular flexibility index (Phi) is 4.16. The predicted octanol–water partition coefficient (Wildman–Crippen LogP) is 3.24. The number of nitrogens with zero attached hydrogens (tertiary/aromatic N) is 1. The van der Waals surface area contributed by atoms with Crippen LogP contribution in [0.1, 0.15) is 16.1 Å². The number of hydrogen-bond donors (Lipinski definition) is 0. The van der Waals surface area contributed by atoms with Crippen LogP contribution in [-0.2, 0) is 4.74 Å². The van der Waals surface area contributed by atoms with E-state index in [-0.39, 0.29) is 16.1 Å². The topological polar surface area (TPSA) is 48.3 Å². The number of carbonyl (C=O) groups is 1. The predicted molar refractivity (Wildman–Crippen MR) is 78.1 cm³/mol. The fourth-order valence-corrected chi connectivity index (χ4v) is 2.50. The second kappa shape index (κ2) is 5.69. The minimum absolute atomic E-state index is 0.0580. The molecule has 0 saturated heterocycles. The molecular formula is C14H11Cl2NO3. The maximum atomic E-state index is 12.1. The zero-order valence-corrected chi connectivity index (χ0v) is 12.3. The summed E-state index contributed by atoms with van der Waals surface area (Å²) in [6.45, 7) is 1.61. The van der Waals surface area contributed by atoms with Gasteiger partial charge in [-0.3, -0.25) is 9.36 Å². The number of halogens is 2. The first-order chi connectivity index (χ1) is 9.47. The molecule has 0 radical (unpaired) electrons. The average molecular weight is 312 g/mol. The molecule has 1 aromatic heterocycles. The molecule has 0 fully saturated rings. The summed E-state index contributed by atoms with van der Waals surface area (Å²) < 4.78 is 6.02. The SMILES string of the molecule is COC(=O)c1c(Cl)cc(=O)n(-c2ccccc2Cl)c1C. The molecule has 0 atom stereocenters. The van der Waals surface area contributed by atoms with Crippen LogP contribution in [0, 0.1) is 6.92 Å². The average Bonchev–Trinajstić information content (AvgIpc) is 2.40. The third-order valence-corrected chi connectivity index (χ3v) is 3.51. The molecule has 0 unspecified atom stereocenters. The summed E-state index contributed by atoms with van der Waals surface area (Å²) in [4.78, 5) is 23.9. The summed E-state index contributed by atoms with van der Waals surface area (Å²) >= 11 is 12.1. The van der Waals surface area contributed by atoms with Gasteiger partial charge in [0.15, 0.2) is 0 Å². The number of ether oxygens (including phenoxy) is 1. The molecule has 4 nitrogen and oxygen atoms in total. The zero-order valence-electron chi connectivity index (χ0n) is 10.8. The maximum absolute atomic E-state index is 12.1. The van der Waals surface area contributed by atoms with E-state index < -0.39 is 5.97 Å². The normalized spacial score (nSPS) is 10.4. The Morgan fingerprint density at radius 3 is 2.45 bits per heavy atom.